The van der Waals surface area contributed by atoms with Crippen molar-refractivity contribution in [2.45, 2.75) is 57.5 Å². The minimum Gasteiger partial charge on any atom is -0.310 e. The Morgan fingerprint density at radius 3 is 2.08 bits per heavy atom. The molecule has 1 nitrogen and oxygen atoms in total. The molecule has 0 bridgehead atoms. The molecule has 0 aliphatic heterocycles. The van der Waals surface area contributed by atoms with E-state index >= 15 is 0 Å². The van der Waals surface area contributed by atoms with Crippen molar-refractivity contribution in [1.29, 1.82) is 0 Å². The fraction of sp³-hybridized carbons (Fsp3) is 1.00. The number of rotatable bonds is 2. The van der Waals surface area contributed by atoms with Crippen molar-refractivity contribution >= 4 is 0 Å². The lowest BCUT2D eigenvalue weighted by molar-refractivity contribution is 0.223. The van der Waals surface area contributed by atoms with E-state index in [0.717, 1.165) is 29.8 Å². The van der Waals surface area contributed by atoms with Gasteiger partial charge in [-0.1, -0.05) is 19.8 Å². The molecule has 0 spiro atoms. The summed E-state index contributed by atoms with van der Waals surface area (Å²) in [5, 5.41) is 3.88. The van der Waals surface area contributed by atoms with Crippen molar-refractivity contribution in [3.8, 4) is 0 Å². The molecule has 0 amide bonds. The lowest BCUT2D eigenvalue weighted by Crippen LogP contribution is -2.44. The second-order valence-corrected chi connectivity index (χ2v) is 5.47. The summed E-state index contributed by atoms with van der Waals surface area (Å²) in [5.74, 6) is 3.13. The summed E-state index contributed by atoms with van der Waals surface area (Å²) in [6, 6.07) is 1.82. The Hall–Kier alpha value is -0.0400. The van der Waals surface area contributed by atoms with Gasteiger partial charge in [0.05, 0.1) is 0 Å². The molecular formula is C12H21N. The number of hydrogen-bond donors (Lipinski definition) is 1. The summed E-state index contributed by atoms with van der Waals surface area (Å²) in [6.07, 6.45) is 8.93. The number of hydrogen-bond acceptors (Lipinski definition) is 1. The zero-order chi connectivity index (χ0) is 8.84. The van der Waals surface area contributed by atoms with Crippen LogP contribution in [0.3, 0.4) is 0 Å². The van der Waals surface area contributed by atoms with Crippen LogP contribution in [0.1, 0.15) is 45.4 Å². The Kier molecular flexibility index (Phi) is 1.90. The molecule has 3 rings (SSSR count). The Labute approximate surface area is 81.3 Å². The van der Waals surface area contributed by atoms with Crippen LogP contribution in [0.4, 0.5) is 0 Å². The van der Waals surface area contributed by atoms with Gasteiger partial charge >= 0.3 is 0 Å². The summed E-state index contributed by atoms with van der Waals surface area (Å²) < 4.78 is 0. The van der Waals surface area contributed by atoms with Crippen molar-refractivity contribution in [2.75, 3.05) is 0 Å². The van der Waals surface area contributed by atoms with E-state index in [0.29, 0.717) is 0 Å². The lowest BCUT2D eigenvalue weighted by Gasteiger charge is -2.35. The second-order valence-electron chi connectivity index (χ2n) is 5.47. The average Bonchev–Trinajstić information content (AvgIpc) is 2.86. The minimum absolute atomic E-state index is 0.885. The molecule has 1 heteroatoms. The van der Waals surface area contributed by atoms with E-state index in [1.54, 1.807) is 0 Å². The van der Waals surface area contributed by atoms with E-state index in [9.17, 15) is 0 Å². The van der Waals surface area contributed by atoms with E-state index in [4.69, 9.17) is 0 Å². The van der Waals surface area contributed by atoms with Crippen molar-refractivity contribution < 1.29 is 0 Å². The van der Waals surface area contributed by atoms with E-state index in [2.05, 4.69) is 12.2 Å². The van der Waals surface area contributed by atoms with Crippen molar-refractivity contribution in [3.63, 3.8) is 0 Å². The average molecular weight is 179 g/mol. The summed E-state index contributed by atoms with van der Waals surface area (Å²) in [6.45, 7) is 2.40. The zero-order valence-electron chi connectivity index (χ0n) is 8.63. The van der Waals surface area contributed by atoms with Gasteiger partial charge in [0.25, 0.3) is 0 Å². The van der Waals surface area contributed by atoms with Crippen molar-refractivity contribution in [2.24, 2.45) is 17.8 Å². The molecule has 3 aliphatic rings. The first-order valence-electron chi connectivity index (χ1n) is 6.12. The molecule has 0 aromatic carbocycles. The molecule has 3 saturated carbocycles. The van der Waals surface area contributed by atoms with Crippen LogP contribution in [0.2, 0.25) is 0 Å². The molecule has 74 valence electrons. The predicted molar refractivity (Wildman–Crippen MR) is 54.6 cm³/mol. The van der Waals surface area contributed by atoms with Gasteiger partial charge in [-0.3, -0.25) is 0 Å². The Morgan fingerprint density at radius 1 is 0.923 bits per heavy atom. The van der Waals surface area contributed by atoms with Gasteiger partial charge in [0.2, 0.25) is 0 Å². The number of nitrogens with one attached hydrogen (secondary N) is 1. The zero-order valence-corrected chi connectivity index (χ0v) is 8.63. The van der Waals surface area contributed by atoms with Gasteiger partial charge in [-0.2, -0.15) is 0 Å². The molecule has 4 atom stereocenters. The molecule has 1 N–H and O–H groups in total. The summed E-state index contributed by atoms with van der Waals surface area (Å²) in [5.41, 5.74) is 0. The van der Waals surface area contributed by atoms with Crippen LogP contribution in [0.5, 0.6) is 0 Å². The number of fused-ring (bicyclic) bond motifs is 1. The third kappa shape index (κ3) is 1.32. The normalized spacial score (nSPS) is 53.8. The molecule has 13 heavy (non-hydrogen) atoms. The molecule has 3 fully saturated rings. The van der Waals surface area contributed by atoms with E-state index in [1.807, 2.05) is 0 Å². The molecule has 3 aliphatic carbocycles. The van der Waals surface area contributed by atoms with Crippen LogP contribution >= 0.6 is 0 Å². The molecule has 0 radical (unpaired) electrons. The Balaban J connectivity index is 1.52. The predicted octanol–water partition coefficient (Wildman–Crippen LogP) is 2.56. The van der Waals surface area contributed by atoms with Gasteiger partial charge in [0, 0.05) is 12.1 Å². The van der Waals surface area contributed by atoms with Gasteiger partial charge in [0.1, 0.15) is 0 Å². The van der Waals surface area contributed by atoms with Crippen molar-refractivity contribution in [3.05, 3.63) is 0 Å². The minimum atomic E-state index is 0.885. The molecule has 0 aromatic heterocycles. The van der Waals surface area contributed by atoms with Crippen LogP contribution in [0.15, 0.2) is 0 Å². The molecule has 0 aromatic rings. The van der Waals surface area contributed by atoms with Gasteiger partial charge < -0.3 is 5.32 Å². The van der Waals surface area contributed by atoms with Gasteiger partial charge in [-0.15, -0.1) is 0 Å². The standard InChI is InChI=1S/C12H21N/c1-8-6-7-11(8)13-12-9-4-2-3-5-10(9)12/h8-13H,2-7H2,1H3. The molecule has 0 saturated heterocycles. The quantitative estimate of drug-likeness (QED) is 0.687. The fourth-order valence-corrected chi connectivity index (χ4v) is 3.40. The fourth-order valence-electron chi connectivity index (χ4n) is 3.40. The van der Waals surface area contributed by atoms with Crippen LogP contribution in [-0.4, -0.2) is 12.1 Å². The van der Waals surface area contributed by atoms with Crippen LogP contribution in [0, 0.1) is 17.8 Å². The monoisotopic (exact) mass is 179 g/mol. The topological polar surface area (TPSA) is 12.0 Å². The van der Waals surface area contributed by atoms with Crippen molar-refractivity contribution in [1.82, 2.24) is 5.32 Å². The first-order chi connectivity index (χ1) is 6.36. The van der Waals surface area contributed by atoms with E-state index < -0.39 is 0 Å². The Bertz CT molecular complexity index is 189. The maximum Gasteiger partial charge on any atom is 0.0133 e. The maximum absolute atomic E-state index is 3.88. The van der Waals surface area contributed by atoms with Crippen LogP contribution < -0.4 is 5.32 Å². The Morgan fingerprint density at radius 2 is 1.62 bits per heavy atom. The third-order valence-corrected chi connectivity index (χ3v) is 4.68. The summed E-state index contributed by atoms with van der Waals surface area (Å²) in [4.78, 5) is 0. The summed E-state index contributed by atoms with van der Waals surface area (Å²) in [7, 11) is 0. The van der Waals surface area contributed by atoms with Gasteiger partial charge in [-0.25, -0.2) is 0 Å². The highest BCUT2D eigenvalue weighted by Crippen LogP contribution is 2.50. The largest absolute Gasteiger partial charge is 0.310 e. The van der Waals surface area contributed by atoms with Crippen LogP contribution in [0.25, 0.3) is 0 Å². The second kappa shape index (κ2) is 2.98. The molecule has 4 unspecified atom stereocenters. The highest BCUT2D eigenvalue weighted by molar-refractivity contribution is 5.06. The molecule has 0 heterocycles. The third-order valence-electron chi connectivity index (χ3n) is 4.68. The van der Waals surface area contributed by atoms with Gasteiger partial charge in [0.15, 0.2) is 0 Å². The van der Waals surface area contributed by atoms with Gasteiger partial charge in [-0.05, 0) is 43.4 Å². The maximum atomic E-state index is 3.88. The molecular weight excluding hydrogens is 158 g/mol. The first-order valence-corrected chi connectivity index (χ1v) is 6.12. The van der Waals surface area contributed by atoms with Crippen LogP contribution in [-0.2, 0) is 0 Å². The SMILES string of the molecule is CC1CCC1NC1C2CCCCC21. The van der Waals surface area contributed by atoms with E-state index in [-0.39, 0.29) is 0 Å². The lowest BCUT2D eigenvalue weighted by atomic mass is 9.81. The highest BCUT2D eigenvalue weighted by Gasteiger charge is 2.51. The first kappa shape index (κ1) is 8.28. The smallest absolute Gasteiger partial charge is 0.0133 e. The highest BCUT2D eigenvalue weighted by atomic mass is 15.0. The summed E-state index contributed by atoms with van der Waals surface area (Å²) >= 11 is 0. The van der Waals surface area contributed by atoms with E-state index in [1.165, 1.54) is 38.5 Å².